The second-order valence-electron chi connectivity index (χ2n) is 3.69. The topological polar surface area (TPSA) is 56.5 Å². The molecule has 0 spiro atoms. The van der Waals surface area contributed by atoms with E-state index in [0.717, 1.165) is 6.54 Å². The van der Waals surface area contributed by atoms with E-state index < -0.39 is 8.56 Å². The van der Waals surface area contributed by atoms with Crippen molar-refractivity contribution in [3.8, 4) is 0 Å². The first kappa shape index (κ1) is 13.1. The van der Waals surface area contributed by atoms with E-state index >= 15 is 0 Å². The van der Waals surface area contributed by atoms with Crippen molar-refractivity contribution in [3.63, 3.8) is 0 Å². The highest BCUT2D eigenvalue weighted by Crippen LogP contribution is 2.20. The first-order valence-electron chi connectivity index (χ1n) is 4.49. The maximum atomic E-state index is 5.46. The van der Waals surface area contributed by atoms with E-state index in [0.29, 0.717) is 6.54 Å². The van der Waals surface area contributed by atoms with Crippen molar-refractivity contribution < 1.29 is 8.85 Å². The zero-order valence-corrected chi connectivity index (χ0v) is 10.3. The molecule has 80 valence electrons. The Bertz CT molecular complexity index is 149. The van der Waals surface area contributed by atoms with Gasteiger partial charge in [-0.3, -0.25) is 0 Å². The molecule has 0 aromatic rings. The van der Waals surface area contributed by atoms with Gasteiger partial charge in [-0.2, -0.15) is 0 Å². The van der Waals surface area contributed by atoms with E-state index in [1.54, 1.807) is 14.2 Å². The van der Waals surface area contributed by atoms with Crippen LogP contribution in [0, 0.1) is 0 Å². The van der Waals surface area contributed by atoms with Crippen molar-refractivity contribution in [1.82, 2.24) is 5.32 Å². The van der Waals surface area contributed by atoms with Crippen LogP contribution in [-0.2, 0) is 8.85 Å². The average Bonchev–Trinajstić information content (AvgIpc) is 2.13. The number of nitrogens with two attached hydrogens (primary N) is 1. The van der Waals surface area contributed by atoms with Crippen LogP contribution in [0.5, 0.6) is 0 Å². The van der Waals surface area contributed by atoms with Crippen LogP contribution in [0.2, 0.25) is 6.55 Å². The van der Waals surface area contributed by atoms with Gasteiger partial charge in [-0.1, -0.05) is 0 Å². The lowest BCUT2D eigenvalue weighted by Gasteiger charge is -2.39. The van der Waals surface area contributed by atoms with Gasteiger partial charge in [0.15, 0.2) is 0 Å². The highest BCUT2D eigenvalue weighted by molar-refractivity contribution is 6.69. The van der Waals surface area contributed by atoms with E-state index in [4.69, 9.17) is 14.6 Å². The molecule has 13 heavy (non-hydrogen) atoms. The fraction of sp³-hybridized carbons (Fsp3) is 1.00. The van der Waals surface area contributed by atoms with Gasteiger partial charge in [-0.25, -0.2) is 0 Å². The minimum atomic E-state index is -2.13. The fourth-order valence-electron chi connectivity index (χ4n) is 1.14. The van der Waals surface area contributed by atoms with Crippen LogP contribution in [0.3, 0.4) is 0 Å². The molecule has 0 rings (SSSR count). The largest absolute Gasteiger partial charge is 0.397 e. The summed E-state index contributed by atoms with van der Waals surface area (Å²) in [4.78, 5) is 0. The molecule has 0 aromatic carbocycles. The van der Waals surface area contributed by atoms with Gasteiger partial charge in [0.25, 0.3) is 0 Å². The minimum Gasteiger partial charge on any atom is -0.397 e. The number of hydrogen-bond donors (Lipinski definition) is 2. The average molecular weight is 206 g/mol. The SMILES string of the molecule is CO[Si](C)(OC)C(C)(C)NCCN. The van der Waals surface area contributed by atoms with Crippen LogP contribution in [0.25, 0.3) is 0 Å². The third kappa shape index (κ3) is 3.03. The van der Waals surface area contributed by atoms with E-state index in [2.05, 4.69) is 19.2 Å². The number of rotatable bonds is 6. The summed E-state index contributed by atoms with van der Waals surface area (Å²) in [5, 5.41) is 3.21. The zero-order valence-electron chi connectivity index (χ0n) is 9.31. The Hall–Kier alpha value is 0.0569. The Morgan fingerprint density at radius 1 is 1.31 bits per heavy atom. The third-order valence-corrected chi connectivity index (χ3v) is 6.63. The van der Waals surface area contributed by atoms with Crippen LogP contribution in [0.15, 0.2) is 0 Å². The van der Waals surface area contributed by atoms with Gasteiger partial charge in [-0.05, 0) is 20.4 Å². The maximum absolute atomic E-state index is 5.46. The lowest BCUT2D eigenvalue weighted by molar-refractivity contribution is 0.208. The van der Waals surface area contributed by atoms with Crippen LogP contribution < -0.4 is 11.1 Å². The molecule has 0 atom stereocenters. The molecule has 0 heterocycles. The summed E-state index contributed by atoms with van der Waals surface area (Å²) in [6.45, 7) is 7.62. The Morgan fingerprint density at radius 3 is 2.08 bits per heavy atom. The molecule has 0 amide bonds. The van der Waals surface area contributed by atoms with E-state index in [1.165, 1.54) is 0 Å². The van der Waals surface area contributed by atoms with E-state index in [-0.39, 0.29) is 5.16 Å². The molecule has 0 fully saturated rings. The number of nitrogens with one attached hydrogen (secondary N) is 1. The second-order valence-corrected chi connectivity index (χ2v) is 7.65. The summed E-state index contributed by atoms with van der Waals surface area (Å²) < 4.78 is 10.9. The Labute approximate surface area is 82.0 Å². The van der Waals surface area contributed by atoms with Crippen LogP contribution >= 0.6 is 0 Å². The summed E-state index contributed by atoms with van der Waals surface area (Å²) in [6.07, 6.45) is 0. The highest BCUT2D eigenvalue weighted by Gasteiger charge is 2.46. The van der Waals surface area contributed by atoms with Crippen LogP contribution in [0.4, 0.5) is 0 Å². The summed E-state index contributed by atoms with van der Waals surface area (Å²) >= 11 is 0. The molecule has 0 unspecified atom stereocenters. The van der Waals surface area contributed by atoms with Crippen molar-refractivity contribution in [2.24, 2.45) is 5.73 Å². The molecule has 3 N–H and O–H groups in total. The van der Waals surface area contributed by atoms with Crippen molar-refractivity contribution in [2.75, 3.05) is 27.3 Å². The highest BCUT2D eigenvalue weighted by atomic mass is 28.4. The molecule has 0 aliphatic heterocycles. The molecule has 0 radical (unpaired) electrons. The molecular formula is C8H22N2O2Si. The molecule has 0 aliphatic carbocycles. The first-order valence-corrected chi connectivity index (χ1v) is 6.80. The molecule has 0 saturated heterocycles. The normalized spacial score (nSPS) is 13.4. The van der Waals surface area contributed by atoms with Gasteiger partial charge in [0, 0.05) is 27.3 Å². The Morgan fingerprint density at radius 2 is 1.77 bits per heavy atom. The lowest BCUT2D eigenvalue weighted by atomic mass is 10.4. The van der Waals surface area contributed by atoms with Gasteiger partial charge >= 0.3 is 8.56 Å². The molecular weight excluding hydrogens is 184 g/mol. The van der Waals surface area contributed by atoms with Crippen molar-refractivity contribution in [1.29, 1.82) is 0 Å². The summed E-state index contributed by atoms with van der Waals surface area (Å²) in [6, 6.07) is 0. The predicted molar refractivity (Wildman–Crippen MR) is 56.8 cm³/mol. The first-order chi connectivity index (χ1) is 5.93. The summed E-state index contributed by atoms with van der Waals surface area (Å²) in [5.74, 6) is 0. The van der Waals surface area contributed by atoms with Gasteiger partial charge in [0.2, 0.25) is 0 Å². The predicted octanol–water partition coefficient (Wildman–Crippen LogP) is 0.217. The zero-order chi connectivity index (χ0) is 10.5. The Balaban J connectivity index is 4.37. The molecule has 4 nitrogen and oxygen atoms in total. The van der Waals surface area contributed by atoms with Gasteiger partial charge in [0.1, 0.15) is 0 Å². The van der Waals surface area contributed by atoms with Crippen LogP contribution in [-0.4, -0.2) is 41.0 Å². The minimum absolute atomic E-state index is 0.129. The lowest BCUT2D eigenvalue weighted by Crippen LogP contribution is -2.64. The van der Waals surface area contributed by atoms with Crippen molar-refractivity contribution in [3.05, 3.63) is 0 Å². The monoisotopic (exact) mass is 206 g/mol. The van der Waals surface area contributed by atoms with Crippen LogP contribution in [0.1, 0.15) is 13.8 Å². The van der Waals surface area contributed by atoms with Gasteiger partial charge in [0.05, 0.1) is 5.16 Å². The molecule has 5 heteroatoms. The second kappa shape index (κ2) is 5.07. The van der Waals surface area contributed by atoms with Crippen molar-refractivity contribution >= 4 is 8.56 Å². The smallest absolute Gasteiger partial charge is 0.354 e. The Kier molecular flexibility index (Phi) is 5.09. The quantitative estimate of drug-likeness (QED) is 0.610. The van der Waals surface area contributed by atoms with Crippen molar-refractivity contribution in [2.45, 2.75) is 25.6 Å². The van der Waals surface area contributed by atoms with Gasteiger partial charge < -0.3 is 19.9 Å². The standard InChI is InChI=1S/C8H22N2O2Si/c1-8(2,10-7-6-9)13(5,11-3)12-4/h10H,6-7,9H2,1-5H3. The number of hydrogen-bond acceptors (Lipinski definition) is 4. The van der Waals surface area contributed by atoms with Gasteiger partial charge in [-0.15, -0.1) is 0 Å². The molecule has 0 saturated carbocycles. The van der Waals surface area contributed by atoms with E-state index in [1.807, 2.05) is 6.55 Å². The van der Waals surface area contributed by atoms with E-state index in [9.17, 15) is 0 Å². The summed E-state index contributed by atoms with van der Waals surface area (Å²) in [5.41, 5.74) is 5.43. The third-order valence-electron chi connectivity index (χ3n) is 2.63. The fourth-order valence-corrected chi connectivity index (χ4v) is 2.77. The molecule has 0 aromatic heterocycles. The summed E-state index contributed by atoms with van der Waals surface area (Å²) in [7, 11) is 1.26. The molecule has 0 bridgehead atoms. The maximum Gasteiger partial charge on any atom is 0.354 e. The molecule has 0 aliphatic rings.